The molecule has 2 saturated carbocycles. The van der Waals surface area contributed by atoms with Gasteiger partial charge < -0.3 is 10.4 Å². The van der Waals surface area contributed by atoms with Gasteiger partial charge in [-0.05, 0) is 31.6 Å². The van der Waals surface area contributed by atoms with Gasteiger partial charge in [0.05, 0.1) is 12.0 Å². The first-order chi connectivity index (χ1) is 8.89. The second kappa shape index (κ2) is 5.69. The van der Waals surface area contributed by atoms with Crippen LogP contribution in [-0.2, 0) is 4.79 Å². The van der Waals surface area contributed by atoms with Crippen molar-refractivity contribution < 1.29 is 23.1 Å². The van der Waals surface area contributed by atoms with Gasteiger partial charge in [0, 0.05) is 12.5 Å². The smallest absolute Gasteiger partial charge is 0.391 e. The first-order valence-electron chi connectivity index (χ1n) is 6.92. The molecule has 0 aromatic rings. The Morgan fingerprint density at radius 2 is 1.84 bits per heavy atom. The Hall–Kier alpha value is -0.780. The van der Waals surface area contributed by atoms with Gasteiger partial charge in [0.25, 0.3) is 0 Å². The Morgan fingerprint density at radius 1 is 1.21 bits per heavy atom. The van der Waals surface area contributed by atoms with Gasteiger partial charge in [0.15, 0.2) is 0 Å². The number of aliphatic hydroxyl groups is 1. The van der Waals surface area contributed by atoms with Crippen LogP contribution in [-0.4, -0.2) is 29.8 Å². The molecule has 1 amide bonds. The molecule has 0 radical (unpaired) electrons. The number of carbonyl (C=O) groups excluding carboxylic acids is 1. The quantitative estimate of drug-likeness (QED) is 0.829. The van der Waals surface area contributed by atoms with Crippen molar-refractivity contribution in [3.05, 3.63) is 0 Å². The van der Waals surface area contributed by atoms with Crippen LogP contribution in [0, 0.1) is 17.8 Å². The van der Waals surface area contributed by atoms with Crippen molar-refractivity contribution in [1.82, 2.24) is 5.32 Å². The van der Waals surface area contributed by atoms with Crippen LogP contribution < -0.4 is 5.32 Å². The third-order valence-electron chi connectivity index (χ3n) is 4.17. The minimum absolute atomic E-state index is 0.0345. The van der Waals surface area contributed by atoms with Crippen molar-refractivity contribution in [1.29, 1.82) is 0 Å². The topological polar surface area (TPSA) is 49.3 Å². The molecular formula is C13H20F3NO2. The number of carbonyl (C=O) groups is 1. The Labute approximate surface area is 110 Å². The number of rotatable bonds is 4. The minimum atomic E-state index is -4.31. The Morgan fingerprint density at radius 3 is 2.42 bits per heavy atom. The highest BCUT2D eigenvalue weighted by atomic mass is 19.4. The molecule has 2 rings (SSSR count). The molecule has 0 bridgehead atoms. The normalized spacial score (nSPS) is 29.9. The Bertz CT molecular complexity index is 328. The molecule has 3 atom stereocenters. The van der Waals surface area contributed by atoms with Crippen molar-refractivity contribution in [3.63, 3.8) is 0 Å². The van der Waals surface area contributed by atoms with Gasteiger partial charge >= 0.3 is 6.18 Å². The van der Waals surface area contributed by atoms with E-state index < -0.39 is 30.0 Å². The highest BCUT2D eigenvalue weighted by Crippen LogP contribution is 2.41. The van der Waals surface area contributed by atoms with Crippen LogP contribution in [0.4, 0.5) is 13.2 Å². The van der Waals surface area contributed by atoms with Crippen molar-refractivity contribution in [2.75, 3.05) is 6.54 Å². The van der Waals surface area contributed by atoms with E-state index in [1.54, 1.807) is 0 Å². The number of aliphatic hydroxyl groups excluding tert-OH is 1. The standard InChI is InChI=1S/C13H20F3NO2/c14-13(15,16)10-4-2-1-3-9(10)12(19)17-7-11(18)8-5-6-8/h8-11,18H,1-7H2,(H,17,19). The van der Waals surface area contributed by atoms with Crippen LogP contribution in [0.25, 0.3) is 0 Å². The van der Waals surface area contributed by atoms with E-state index in [4.69, 9.17) is 0 Å². The summed E-state index contributed by atoms with van der Waals surface area (Å²) in [5.74, 6) is -2.86. The van der Waals surface area contributed by atoms with Gasteiger partial charge in [-0.2, -0.15) is 13.2 Å². The molecular weight excluding hydrogens is 259 g/mol. The van der Waals surface area contributed by atoms with E-state index >= 15 is 0 Å². The van der Waals surface area contributed by atoms with Gasteiger partial charge in [-0.3, -0.25) is 4.79 Å². The predicted molar refractivity (Wildman–Crippen MR) is 63.2 cm³/mol. The summed E-state index contributed by atoms with van der Waals surface area (Å²) < 4.78 is 38.6. The molecule has 0 spiro atoms. The molecule has 6 heteroatoms. The molecule has 2 aliphatic rings. The van der Waals surface area contributed by atoms with Gasteiger partial charge in [0.2, 0.25) is 5.91 Å². The Balaban J connectivity index is 1.87. The summed E-state index contributed by atoms with van der Waals surface area (Å²) in [6.45, 7) is 0.0740. The van der Waals surface area contributed by atoms with E-state index in [9.17, 15) is 23.1 Å². The highest BCUT2D eigenvalue weighted by Gasteiger charge is 2.48. The average Bonchev–Trinajstić information content (AvgIpc) is 3.18. The fourth-order valence-corrected chi connectivity index (χ4v) is 2.82. The number of hydrogen-bond donors (Lipinski definition) is 2. The van der Waals surface area contributed by atoms with Gasteiger partial charge in [0.1, 0.15) is 0 Å². The number of hydrogen-bond acceptors (Lipinski definition) is 2. The summed E-state index contributed by atoms with van der Waals surface area (Å²) in [5.41, 5.74) is 0. The van der Waals surface area contributed by atoms with E-state index in [0.717, 1.165) is 12.8 Å². The lowest BCUT2D eigenvalue weighted by molar-refractivity contribution is -0.198. The fraction of sp³-hybridized carbons (Fsp3) is 0.923. The van der Waals surface area contributed by atoms with E-state index in [0.29, 0.717) is 12.8 Å². The van der Waals surface area contributed by atoms with Gasteiger partial charge in [-0.15, -0.1) is 0 Å². The molecule has 2 aliphatic carbocycles. The van der Waals surface area contributed by atoms with E-state index in [2.05, 4.69) is 5.32 Å². The molecule has 0 saturated heterocycles. The zero-order chi connectivity index (χ0) is 14.0. The zero-order valence-corrected chi connectivity index (χ0v) is 10.7. The molecule has 2 fully saturated rings. The number of nitrogens with one attached hydrogen (secondary N) is 1. The van der Waals surface area contributed by atoms with Crippen LogP contribution in [0.3, 0.4) is 0 Å². The summed E-state index contributed by atoms with van der Waals surface area (Å²) in [7, 11) is 0. The van der Waals surface area contributed by atoms with E-state index in [-0.39, 0.29) is 25.3 Å². The van der Waals surface area contributed by atoms with Crippen molar-refractivity contribution >= 4 is 5.91 Å². The highest BCUT2D eigenvalue weighted by molar-refractivity contribution is 5.79. The molecule has 0 aliphatic heterocycles. The number of alkyl halides is 3. The molecule has 2 N–H and O–H groups in total. The van der Waals surface area contributed by atoms with Gasteiger partial charge in [-0.25, -0.2) is 0 Å². The molecule has 3 nitrogen and oxygen atoms in total. The van der Waals surface area contributed by atoms with Crippen LogP contribution in [0.5, 0.6) is 0 Å². The summed E-state index contributed by atoms with van der Waals surface area (Å²) in [6, 6.07) is 0. The van der Waals surface area contributed by atoms with E-state index in [1.807, 2.05) is 0 Å². The second-order valence-electron chi connectivity index (χ2n) is 5.69. The van der Waals surface area contributed by atoms with Crippen molar-refractivity contribution in [2.45, 2.75) is 50.8 Å². The SMILES string of the molecule is O=C(NCC(O)C1CC1)C1CCCCC1C(F)(F)F. The number of amides is 1. The fourth-order valence-electron chi connectivity index (χ4n) is 2.82. The van der Waals surface area contributed by atoms with Crippen LogP contribution in [0.2, 0.25) is 0 Å². The molecule has 19 heavy (non-hydrogen) atoms. The molecule has 3 unspecified atom stereocenters. The molecule has 0 heterocycles. The first-order valence-corrected chi connectivity index (χ1v) is 6.92. The molecule has 0 aromatic heterocycles. The summed E-state index contributed by atoms with van der Waals surface area (Å²) in [6.07, 6.45) is -1.54. The maximum absolute atomic E-state index is 12.9. The van der Waals surface area contributed by atoms with Crippen molar-refractivity contribution in [2.24, 2.45) is 17.8 Å². The van der Waals surface area contributed by atoms with Crippen LogP contribution in [0.1, 0.15) is 38.5 Å². The lowest BCUT2D eigenvalue weighted by Crippen LogP contribution is -2.44. The lowest BCUT2D eigenvalue weighted by atomic mass is 9.78. The summed E-state index contributed by atoms with van der Waals surface area (Å²) in [4.78, 5) is 11.9. The average molecular weight is 279 g/mol. The third-order valence-corrected chi connectivity index (χ3v) is 4.17. The summed E-state index contributed by atoms with van der Waals surface area (Å²) in [5, 5.41) is 12.1. The second-order valence-corrected chi connectivity index (χ2v) is 5.69. The maximum Gasteiger partial charge on any atom is 0.392 e. The predicted octanol–water partition coefficient (Wildman–Crippen LogP) is 2.24. The zero-order valence-electron chi connectivity index (χ0n) is 10.7. The monoisotopic (exact) mass is 279 g/mol. The van der Waals surface area contributed by atoms with Crippen molar-refractivity contribution in [3.8, 4) is 0 Å². The molecule has 0 aromatic carbocycles. The maximum atomic E-state index is 12.9. The summed E-state index contributed by atoms with van der Waals surface area (Å²) >= 11 is 0. The van der Waals surface area contributed by atoms with Crippen LogP contribution >= 0.6 is 0 Å². The van der Waals surface area contributed by atoms with E-state index in [1.165, 1.54) is 0 Å². The largest absolute Gasteiger partial charge is 0.392 e. The van der Waals surface area contributed by atoms with Crippen LogP contribution in [0.15, 0.2) is 0 Å². The number of halogens is 3. The van der Waals surface area contributed by atoms with Gasteiger partial charge in [-0.1, -0.05) is 12.8 Å². The lowest BCUT2D eigenvalue weighted by Gasteiger charge is -2.32. The molecule has 110 valence electrons. The Kier molecular flexibility index (Phi) is 4.38. The minimum Gasteiger partial charge on any atom is -0.391 e. The first kappa shape index (κ1) is 14.6. The third kappa shape index (κ3) is 3.84.